The standard InChI is InChI=1S/C20H19N3O/c1-14-19(20(3,24)17-7-5-4-6-8-17)15(2)23(22-14)18-11-9-16(13-21)10-12-18/h4-12,24H,1-3H3. The first kappa shape index (κ1) is 16.0. The number of hydrogen-bond donors (Lipinski definition) is 1. The Morgan fingerprint density at radius 2 is 1.67 bits per heavy atom. The van der Waals surface area contributed by atoms with E-state index in [1.165, 1.54) is 0 Å². The Morgan fingerprint density at radius 3 is 2.25 bits per heavy atom. The summed E-state index contributed by atoms with van der Waals surface area (Å²) in [6.45, 7) is 5.65. The summed E-state index contributed by atoms with van der Waals surface area (Å²) in [5, 5.41) is 24.7. The molecule has 4 nitrogen and oxygen atoms in total. The number of rotatable bonds is 3. The van der Waals surface area contributed by atoms with Gasteiger partial charge in [-0.1, -0.05) is 30.3 Å². The van der Waals surface area contributed by atoms with Gasteiger partial charge in [-0.15, -0.1) is 0 Å². The predicted octanol–water partition coefficient (Wildman–Crippen LogP) is 3.62. The van der Waals surface area contributed by atoms with Gasteiger partial charge in [0.1, 0.15) is 5.60 Å². The summed E-state index contributed by atoms with van der Waals surface area (Å²) in [7, 11) is 0. The van der Waals surface area contributed by atoms with Crippen LogP contribution in [0, 0.1) is 25.2 Å². The topological polar surface area (TPSA) is 61.8 Å². The Balaban J connectivity index is 2.11. The lowest BCUT2D eigenvalue weighted by Gasteiger charge is -2.25. The van der Waals surface area contributed by atoms with Gasteiger partial charge in [-0.3, -0.25) is 0 Å². The fraction of sp³-hybridized carbons (Fsp3) is 0.200. The quantitative estimate of drug-likeness (QED) is 0.802. The molecule has 0 aliphatic carbocycles. The minimum absolute atomic E-state index is 0.608. The van der Waals surface area contributed by atoms with Gasteiger partial charge < -0.3 is 5.11 Å². The summed E-state index contributed by atoms with van der Waals surface area (Å²) in [6, 6.07) is 19.0. The largest absolute Gasteiger partial charge is 0.381 e. The molecule has 0 amide bonds. The minimum Gasteiger partial charge on any atom is -0.381 e. The highest BCUT2D eigenvalue weighted by atomic mass is 16.3. The van der Waals surface area contributed by atoms with Crippen molar-refractivity contribution in [1.29, 1.82) is 5.26 Å². The van der Waals surface area contributed by atoms with E-state index in [4.69, 9.17) is 5.26 Å². The van der Waals surface area contributed by atoms with E-state index >= 15 is 0 Å². The fourth-order valence-corrected chi connectivity index (χ4v) is 3.18. The average Bonchev–Trinajstić information content (AvgIpc) is 2.91. The lowest BCUT2D eigenvalue weighted by Crippen LogP contribution is -2.24. The lowest BCUT2D eigenvalue weighted by atomic mass is 9.87. The van der Waals surface area contributed by atoms with Gasteiger partial charge in [-0.05, 0) is 50.6 Å². The van der Waals surface area contributed by atoms with Crippen LogP contribution in [0.4, 0.5) is 0 Å². The normalized spacial score (nSPS) is 13.3. The van der Waals surface area contributed by atoms with E-state index in [9.17, 15) is 5.11 Å². The van der Waals surface area contributed by atoms with Gasteiger partial charge in [-0.25, -0.2) is 4.68 Å². The van der Waals surface area contributed by atoms with Crippen LogP contribution in [0.3, 0.4) is 0 Å². The molecule has 0 fully saturated rings. The molecule has 0 spiro atoms. The third-order valence-electron chi connectivity index (χ3n) is 4.35. The Kier molecular flexibility index (Phi) is 3.96. The first-order valence-electron chi connectivity index (χ1n) is 7.80. The molecule has 120 valence electrons. The second kappa shape index (κ2) is 5.95. The summed E-state index contributed by atoms with van der Waals surface area (Å²) in [5.41, 5.74) is 3.65. The molecular weight excluding hydrogens is 298 g/mol. The van der Waals surface area contributed by atoms with Crippen molar-refractivity contribution in [2.45, 2.75) is 26.4 Å². The second-order valence-corrected chi connectivity index (χ2v) is 6.05. The molecular formula is C20H19N3O. The fourth-order valence-electron chi connectivity index (χ4n) is 3.18. The molecule has 2 aromatic carbocycles. The number of nitriles is 1. The summed E-state index contributed by atoms with van der Waals surface area (Å²) < 4.78 is 1.81. The van der Waals surface area contributed by atoms with Crippen molar-refractivity contribution >= 4 is 0 Å². The van der Waals surface area contributed by atoms with Crippen LogP contribution in [0.5, 0.6) is 0 Å². The van der Waals surface area contributed by atoms with Crippen LogP contribution in [0.25, 0.3) is 5.69 Å². The molecule has 3 aromatic rings. The lowest BCUT2D eigenvalue weighted by molar-refractivity contribution is 0.101. The molecule has 0 bridgehead atoms. The van der Waals surface area contributed by atoms with Crippen molar-refractivity contribution < 1.29 is 5.11 Å². The van der Waals surface area contributed by atoms with E-state index in [1.807, 2.05) is 61.0 Å². The number of aromatic nitrogens is 2. The molecule has 0 saturated heterocycles. The number of benzene rings is 2. The number of hydrogen-bond acceptors (Lipinski definition) is 3. The first-order chi connectivity index (χ1) is 11.4. The maximum atomic E-state index is 11.2. The van der Waals surface area contributed by atoms with Gasteiger partial charge in [0.25, 0.3) is 0 Å². The molecule has 1 N–H and O–H groups in total. The van der Waals surface area contributed by atoms with Gasteiger partial charge >= 0.3 is 0 Å². The van der Waals surface area contributed by atoms with Crippen molar-refractivity contribution in [3.05, 3.63) is 82.7 Å². The molecule has 24 heavy (non-hydrogen) atoms. The van der Waals surface area contributed by atoms with Gasteiger partial charge in [0.2, 0.25) is 0 Å². The highest BCUT2D eigenvalue weighted by Crippen LogP contribution is 2.34. The van der Waals surface area contributed by atoms with Gasteiger partial charge in [0, 0.05) is 11.3 Å². The maximum absolute atomic E-state index is 11.2. The molecule has 1 aromatic heterocycles. The average molecular weight is 317 g/mol. The number of aliphatic hydroxyl groups is 1. The third-order valence-corrected chi connectivity index (χ3v) is 4.35. The van der Waals surface area contributed by atoms with Crippen molar-refractivity contribution in [2.75, 3.05) is 0 Å². The zero-order chi connectivity index (χ0) is 17.3. The minimum atomic E-state index is -1.12. The molecule has 0 radical (unpaired) electrons. The Labute approximate surface area is 141 Å². The van der Waals surface area contributed by atoms with Crippen LogP contribution in [0.15, 0.2) is 54.6 Å². The predicted molar refractivity (Wildman–Crippen MR) is 92.9 cm³/mol. The first-order valence-corrected chi connectivity index (χ1v) is 7.80. The smallest absolute Gasteiger partial charge is 0.115 e. The highest BCUT2D eigenvalue weighted by molar-refractivity contribution is 5.45. The molecule has 4 heteroatoms. The van der Waals surface area contributed by atoms with Crippen LogP contribution < -0.4 is 0 Å². The van der Waals surface area contributed by atoms with E-state index in [1.54, 1.807) is 19.1 Å². The van der Waals surface area contributed by atoms with Gasteiger partial charge in [0.05, 0.1) is 23.0 Å². The monoisotopic (exact) mass is 317 g/mol. The van der Waals surface area contributed by atoms with Crippen molar-refractivity contribution in [1.82, 2.24) is 9.78 Å². The second-order valence-electron chi connectivity index (χ2n) is 6.05. The Bertz CT molecular complexity index is 901. The van der Waals surface area contributed by atoms with E-state index in [2.05, 4.69) is 11.2 Å². The summed E-state index contributed by atoms with van der Waals surface area (Å²) in [5.74, 6) is 0. The highest BCUT2D eigenvalue weighted by Gasteiger charge is 2.32. The molecule has 0 aliphatic heterocycles. The molecule has 1 atom stereocenters. The van der Waals surface area contributed by atoms with Crippen molar-refractivity contribution in [3.63, 3.8) is 0 Å². The van der Waals surface area contributed by atoms with Crippen LogP contribution in [-0.4, -0.2) is 14.9 Å². The van der Waals surface area contributed by atoms with E-state index < -0.39 is 5.60 Å². The molecule has 1 heterocycles. The third kappa shape index (κ3) is 2.60. The molecule has 1 unspecified atom stereocenters. The zero-order valence-electron chi connectivity index (χ0n) is 14.0. The Hall–Kier alpha value is -2.90. The molecule has 0 aliphatic rings. The van der Waals surface area contributed by atoms with Crippen LogP contribution >= 0.6 is 0 Å². The van der Waals surface area contributed by atoms with Gasteiger partial charge in [-0.2, -0.15) is 10.4 Å². The summed E-state index contributed by atoms with van der Waals surface area (Å²) >= 11 is 0. The van der Waals surface area contributed by atoms with Crippen molar-refractivity contribution in [3.8, 4) is 11.8 Å². The van der Waals surface area contributed by atoms with Crippen LogP contribution in [-0.2, 0) is 5.60 Å². The maximum Gasteiger partial charge on any atom is 0.115 e. The molecule has 0 saturated carbocycles. The summed E-state index contributed by atoms with van der Waals surface area (Å²) in [6.07, 6.45) is 0. The molecule has 3 rings (SSSR count). The number of nitrogens with zero attached hydrogens (tertiary/aromatic N) is 3. The van der Waals surface area contributed by atoms with E-state index in [-0.39, 0.29) is 0 Å². The van der Waals surface area contributed by atoms with Crippen molar-refractivity contribution in [2.24, 2.45) is 0 Å². The van der Waals surface area contributed by atoms with Gasteiger partial charge in [0.15, 0.2) is 0 Å². The SMILES string of the molecule is Cc1nn(-c2ccc(C#N)cc2)c(C)c1C(C)(O)c1ccccc1. The van der Waals surface area contributed by atoms with E-state index in [0.29, 0.717) is 5.56 Å². The van der Waals surface area contributed by atoms with Crippen LogP contribution in [0.2, 0.25) is 0 Å². The van der Waals surface area contributed by atoms with E-state index in [0.717, 1.165) is 28.2 Å². The summed E-state index contributed by atoms with van der Waals surface area (Å²) in [4.78, 5) is 0. The zero-order valence-corrected chi connectivity index (χ0v) is 14.0. The Morgan fingerprint density at radius 1 is 1.04 bits per heavy atom. The van der Waals surface area contributed by atoms with Crippen LogP contribution in [0.1, 0.15) is 35.0 Å². The number of aryl methyl sites for hydroxylation is 1.